The van der Waals surface area contributed by atoms with Crippen LogP contribution in [-0.2, 0) is 0 Å². The van der Waals surface area contributed by atoms with Gasteiger partial charge in [-0.2, -0.15) is 0 Å². The average Bonchev–Trinajstić information content (AvgIpc) is 2.30. The Kier molecular flexibility index (Phi) is 2.23. The van der Waals surface area contributed by atoms with Gasteiger partial charge in [-0.1, -0.05) is 32.9 Å². The van der Waals surface area contributed by atoms with E-state index < -0.39 is 0 Å². The van der Waals surface area contributed by atoms with E-state index in [0.717, 1.165) is 24.4 Å². The SMILES string of the molecule is CC(C)(C)CNC1CC2CC=CC21. The topological polar surface area (TPSA) is 12.0 Å². The van der Waals surface area contributed by atoms with E-state index in [1.807, 2.05) is 0 Å². The van der Waals surface area contributed by atoms with Crippen LogP contribution in [0.2, 0.25) is 0 Å². The largest absolute Gasteiger partial charge is 0.313 e. The Morgan fingerprint density at radius 1 is 1.38 bits per heavy atom. The van der Waals surface area contributed by atoms with Crippen LogP contribution in [0.5, 0.6) is 0 Å². The molecule has 0 saturated heterocycles. The third kappa shape index (κ3) is 1.96. The molecule has 1 fully saturated rings. The first-order chi connectivity index (χ1) is 6.06. The van der Waals surface area contributed by atoms with Crippen molar-refractivity contribution in [3.8, 4) is 0 Å². The standard InChI is InChI=1S/C12H21N/c1-12(2,3)8-13-11-7-9-5-4-6-10(9)11/h4,6,9-11,13H,5,7-8H2,1-3H3. The Bertz CT molecular complexity index is 212. The maximum Gasteiger partial charge on any atom is 0.0136 e. The molecule has 0 heterocycles. The number of nitrogens with one attached hydrogen (secondary N) is 1. The zero-order valence-electron chi connectivity index (χ0n) is 9.01. The summed E-state index contributed by atoms with van der Waals surface area (Å²) in [6, 6.07) is 0.781. The smallest absolute Gasteiger partial charge is 0.0136 e. The first kappa shape index (κ1) is 9.26. The summed E-state index contributed by atoms with van der Waals surface area (Å²) in [5.41, 5.74) is 0.424. The maximum atomic E-state index is 3.68. The van der Waals surface area contributed by atoms with E-state index in [2.05, 4.69) is 38.2 Å². The van der Waals surface area contributed by atoms with Gasteiger partial charge >= 0.3 is 0 Å². The molecule has 3 unspecified atom stereocenters. The Morgan fingerprint density at radius 2 is 2.15 bits per heavy atom. The second kappa shape index (κ2) is 3.13. The molecular weight excluding hydrogens is 158 g/mol. The second-order valence-electron chi connectivity index (χ2n) is 5.79. The predicted molar refractivity (Wildman–Crippen MR) is 56.6 cm³/mol. The number of hydrogen-bond donors (Lipinski definition) is 1. The minimum absolute atomic E-state index is 0.424. The quantitative estimate of drug-likeness (QED) is 0.642. The lowest BCUT2D eigenvalue weighted by Gasteiger charge is -2.42. The zero-order chi connectivity index (χ0) is 9.47. The van der Waals surface area contributed by atoms with E-state index in [9.17, 15) is 0 Å². The van der Waals surface area contributed by atoms with Crippen molar-refractivity contribution in [1.29, 1.82) is 0 Å². The van der Waals surface area contributed by atoms with E-state index in [1.165, 1.54) is 12.8 Å². The van der Waals surface area contributed by atoms with Gasteiger partial charge in [0, 0.05) is 12.6 Å². The zero-order valence-corrected chi connectivity index (χ0v) is 9.01. The summed E-state index contributed by atoms with van der Waals surface area (Å²) < 4.78 is 0. The molecule has 1 N–H and O–H groups in total. The van der Waals surface area contributed by atoms with Gasteiger partial charge in [0.05, 0.1) is 0 Å². The number of hydrogen-bond acceptors (Lipinski definition) is 1. The van der Waals surface area contributed by atoms with Gasteiger partial charge in [-0.05, 0) is 30.1 Å². The van der Waals surface area contributed by atoms with Gasteiger partial charge in [-0.3, -0.25) is 0 Å². The first-order valence-electron chi connectivity index (χ1n) is 5.46. The van der Waals surface area contributed by atoms with Crippen molar-refractivity contribution in [2.45, 2.75) is 39.7 Å². The predicted octanol–water partition coefficient (Wildman–Crippen LogP) is 2.59. The molecule has 3 atom stereocenters. The van der Waals surface area contributed by atoms with Crippen LogP contribution in [0.15, 0.2) is 12.2 Å². The molecule has 2 rings (SSSR count). The van der Waals surface area contributed by atoms with Crippen LogP contribution < -0.4 is 5.32 Å². The summed E-state index contributed by atoms with van der Waals surface area (Å²) >= 11 is 0. The number of rotatable bonds is 2. The summed E-state index contributed by atoms with van der Waals surface area (Å²) in [5.74, 6) is 1.85. The van der Waals surface area contributed by atoms with Crippen molar-refractivity contribution < 1.29 is 0 Å². The lowest BCUT2D eigenvalue weighted by molar-refractivity contribution is 0.150. The molecule has 0 spiro atoms. The highest BCUT2D eigenvalue weighted by atomic mass is 15.0. The highest BCUT2D eigenvalue weighted by Gasteiger charge is 2.40. The van der Waals surface area contributed by atoms with Gasteiger partial charge in [-0.25, -0.2) is 0 Å². The number of allylic oxidation sites excluding steroid dienone is 1. The molecule has 0 aromatic heterocycles. The van der Waals surface area contributed by atoms with Crippen LogP contribution in [0.4, 0.5) is 0 Å². The second-order valence-corrected chi connectivity index (χ2v) is 5.79. The van der Waals surface area contributed by atoms with Crippen molar-refractivity contribution in [2.75, 3.05) is 6.54 Å². The maximum absolute atomic E-state index is 3.68. The van der Waals surface area contributed by atoms with Gasteiger partial charge in [-0.15, -0.1) is 0 Å². The van der Waals surface area contributed by atoms with E-state index >= 15 is 0 Å². The molecule has 0 amide bonds. The van der Waals surface area contributed by atoms with Crippen LogP contribution in [0.1, 0.15) is 33.6 Å². The van der Waals surface area contributed by atoms with Crippen molar-refractivity contribution >= 4 is 0 Å². The molecule has 2 aliphatic carbocycles. The monoisotopic (exact) mass is 179 g/mol. The normalized spacial score (nSPS) is 37.3. The van der Waals surface area contributed by atoms with Gasteiger partial charge < -0.3 is 5.32 Å². The van der Waals surface area contributed by atoms with Gasteiger partial charge in [0.2, 0.25) is 0 Å². The van der Waals surface area contributed by atoms with Crippen molar-refractivity contribution in [2.24, 2.45) is 17.3 Å². The molecule has 1 heteroatoms. The molecule has 1 nitrogen and oxygen atoms in total. The molecule has 0 aliphatic heterocycles. The van der Waals surface area contributed by atoms with E-state index in [4.69, 9.17) is 0 Å². The van der Waals surface area contributed by atoms with Crippen LogP contribution in [0.25, 0.3) is 0 Å². The Morgan fingerprint density at radius 3 is 2.77 bits per heavy atom. The molecule has 0 bridgehead atoms. The van der Waals surface area contributed by atoms with Crippen LogP contribution >= 0.6 is 0 Å². The molecular formula is C12H21N. The lowest BCUT2D eigenvalue weighted by atomic mass is 9.71. The van der Waals surface area contributed by atoms with Crippen molar-refractivity contribution in [3.63, 3.8) is 0 Å². The summed E-state index contributed by atoms with van der Waals surface area (Å²) in [5, 5.41) is 3.68. The fraction of sp³-hybridized carbons (Fsp3) is 0.833. The lowest BCUT2D eigenvalue weighted by Crippen LogP contribution is -2.50. The molecule has 0 radical (unpaired) electrons. The molecule has 0 aromatic carbocycles. The molecule has 2 aliphatic rings. The molecule has 74 valence electrons. The summed E-state index contributed by atoms with van der Waals surface area (Å²) in [7, 11) is 0. The third-order valence-corrected chi connectivity index (χ3v) is 3.26. The van der Waals surface area contributed by atoms with E-state index in [-0.39, 0.29) is 0 Å². The van der Waals surface area contributed by atoms with Gasteiger partial charge in [0.25, 0.3) is 0 Å². The van der Waals surface area contributed by atoms with E-state index in [0.29, 0.717) is 5.41 Å². The average molecular weight is 179 g/mol. The fourth-order valence-corrected chi connectivity index (χ4v) is 2.38. The van der Waals surface area contributed by atoms with E-state index in [1.54, 1.807) is 0 Å². The van der Waals surface area contributed by atoms with Crippen LogP contribution in [0, 0.1) is 17.3 Å². The summed E-state index contributed by atoms with van der Waals surface area (Å²) in [6.45, 7) is 8.02. The highest BCUT2D eigenvalue weighted by Crippen LogP contribution is 2.42. The highest BCUT2D eigenvalue weighted by molar-refractivity contribution is 5.12. The molecule has 0 aromatic rings. The Hall–Kier alpha value is -0.300. The minimum Gasteiger partial charge on any atom is -0.313 e. The molecule has 13 heavy (non-hydrogen) atoms. The number of fused-ring (bicyclic) bond motifs is 1. The van der Waals surface area contributed by atoms with Crippen LogP contribution in [-0.4, -0.2) is 12.6 Å². The molecule has 1 saturated carbocycles. The van der Waals surface area contributed by atoms with Crippen LogP contribution in [0.3, 0.4) is 0 Å². The summed E-state index contributed by atoms with van der Waals surface area (Å²) in [4.78, 5) is 0. The Labute approximate surface area is 81.6 Å². The van der Waals surface area contributed by atoms with Gasteiger partial charge in [0.15, 0.2) is 0 Å². The van der Waals surface area contributed by atoms with Crippen molar-refractivity contribution in [1.82, 2.24) is 5.32 Å². The van der Waals surface area contributed by atoms with Crippen molar-refractivity contribution in [3.05, 3.63) is 12.2 Å². The Balaban J connectivity index is 1.76. The first-order valence-corrected chi connectivity index (χ1v) is 5.46. The minimum atomic E-state index is 0.424. The third-order valence-electron chi connectivity index (χ3n) is 3.26. The summed E-state index contributed by atoms with van der Waals surface area (Å²) in [6.07, 6.45) is 7.49. The fourth-order valence-electron chi connectivity index (χ4n) is 2.38. The van der Waals surface area contributed by atoms with Gasteiger partial charge in [0.1, 0.15) is 0 Å².